The molecule has 0 radical (unpaired) electrons. The van der Waals surface area contributed by atoms with Crippen LogP contribution in [0.2, 0.25) is 5.02 Å². The molecule has 0 bridgehead atoms. The lowest BCUT2D eigenvalue weighted by atomic mass is 10.1. The van der Waals surface area contributed by atoms with E-state index in [-0.39, 0.29) is 11.9 Å². The zero-order valence-electron chi connectivity index (χ0n) is 16.7. The molecule has 1 heterocycles. The predicted molar refractivity (Wildman–Crippen MR) is 122 cm³/mol. The number of carbonyl (C=O) groups excluding carboxylic acids is 1. The van der Waals surface area contributed by atoms with Gasteiger partial charge in [0.2, 0.25) is 0 Å². The number of para-hydroxylation sites is 1. The van der Waals surface area contributed by atoms with Crippen LogP contribution in [0.3, 0.4) is 0 Å². The molecule has 5 nitrogen and oxygen atoms in total. The first-order valence-corrected chi connectivity index (χ1v) is 10.0. The van der Waals surface area contributed by atoms with Crippen LogP contribution < -0.4 is 10.6 Å². The van der Waals surface area contributed by atoms with Gasteiger partial charge in [0, 0.05) is 21.7 Å². The number of aromatic nitrogens is 2. The Bertz CT molecular complexity index is 1220. The lowest BCUT2D eigenvalue weighted by Gasteiger charge is -2.17. The molecule has 0 aliphatic carbocycles. The topological polar surface area (TPSA) is 66.9 Å². The van der Waals surface area contributed by atoms with Crippen molar-refractivity contribution >= 4 is 39.9 Å². The maximum atomic E-state index is 12.6. The van der Waals surface area contributed by atoms with Crippen molar-refractivity contribution < 1.29 is 4.79 Å². The van der Waals surface area contributed by atoms with Crippen LogP contribution in [-0.2, 0) is 0 Å². The van der Waals surface area contributed by atoms with E-state index in [2.05, 4.69) is 27.5 Å². The number of amides is 1. The first-order valence-electron chi connectivity index (χ1n) is 9.65. The van der Waals surface area contributed by atoms with Crippen molar-refractivity contribution in [2.75, 3.05) is 10.6 Å². The van der Waals surface area contributed by atoms with Gasteiger partial charge < -0.3 is 10.6 Å². The van der Waals surface area contributed by atoms with E-state index in [4.69, 9.17) is 11.6 Å². The highest BCUT2D eigenvalue weighted by Crippen LogP contribution is 2.25. The van der Waals surface area contributed by atoms with E-state index >= 15 is 0 Å². The summed E-state index contributed by atoms with van der Waals surface area (Å²) in [6.07, 6.45) is 1.56. The Labute approximate surface area is 180 Å². The summed E-state index contributed by atoms with van der Waals surface area (Å²) < 4.78 is 0. The van der Waals surface area contributed by atoms with E-state index in [1.807, 2.05) is 55.5 Å². The number of carbonyl (C=O) groups is 1. The highest BCUT2D eigenvalue weighted by Gasteiger charge is 2.12. The maximum absolute atomic E-state index is 12.6. The predicted octanol–water partition coefficient (Wildman–Crippen LogP) is 6.02. The van der Waals surface area contributed by atoms with Crippen molar-refractivity contribution in [1.82, 2.24) is 9.97 Å². The number of benzene rings is 3. The van der Waals surface area contributed by atoms with Crippen molar-refractivity contribution in [3.63, 3.8) is 0 Å². The lowest BCUT2D eigenvalue weighted by molar-refractivity contribution is 0.102. The summed E-state index contributed by atoms with van der Waals surface area (Å²) in [6.45, 7) is 3.93. The third-order valence-corrected chi connectivity index (χ3v) is 5.38. The number of nitrogens with zero attached hydrogens (tertiary/aromatic N) is 2. The van der Waals surface area contributed by atoms with E-state index < -0.39 is 0 Å². The van der Waals surface area contributed by atoms with Crippen LogP contribution in [0, 0.1) is 6.92 Å². The fourth-order valence-electron chi connectivity index (χ4n) is 3.28. The smallest absolute Gasteiger partial charge is 0.255 e. The van der Waals surface area contributed by atoms with Gasteiger partial charge in [0.05, 0.1) is 11.6 Å². The van der Waals surface area contributed by atoms with Gasteiger partial charge in [0.1, 0.15) is 12.1 Å². The third kappa shape index (κ3) is 4.26. The number of hydrogen-bond acceptors (Lipinski definition) is 4. The summed E-state index contributed by atoms with van der Waals surface area (Å²) in [4.78, 5) is 21.3. The van der Waals surface area contributed by atoms with Gasteiger partial charge in [-0.15, -0.1) is 0 Å². The molecule has 2 N–H and O–H groups in total. The van der Waals surface area contributed by atoms with Crippen LogP contribution in [0.5, 0.6) is 0 Å². The largest absolute Gasteiger partial charge is 0.363 e. The van der Waals surface area contributed by atoms with E-state index in [1.54, 1.807) is 24.5 Å². The number of rotatable bonds is 5. The number of fused-ring (bicyclic) bond motifs is 1. The molecular formula is C24H21ClN4O. The minimum absolute atomic E-state index is 0.0158. The van der Waals surface area contributed by atoms with Crippen LogP contribution >= 0.6 is 11.6 Å². The Hall–Kier alpha value is -3.44. The summed E-state index contributed by atoms with van der Waals surface area (Å²) in [5.74, 6) is 0.605. The standard InChI is InChI=1S/C24H21ClN4O/c1-15-12-18(10-11-21(15)25)24(30)29-19-7-5-6-17(13-19)16(2)28-23-20-8-3-4-9-22(20)26-14-27-23/h3-14,16H,1-2H3,(H,29,30)(H,26,27,28)/t16-/m1/s1. The Kier molecular flexibility index (Phi) is 5.63. The Morgan fingerprint density at radius 1 is 1.00 bits per heavy atom. The van der Waals surface area contributed by atoms with Crippen LogP contribution in [0.15, 0.2) is 73.1 Å². The molecule has 4 rings (SSSR count). The normalized spacial score (nSPS) is 11.8. The van der Waals surface area contributed by atoms with E-state index in [0.717, 1.165) is 33.5 Å². The van der Waals surface area contributed by atoms with Crippen molar-refractivity contribution in [2.24, 2.45) is 0 Å². The molecule has 0 aliphatic rings. The average Bonchev–Trinajstić information content (AvgIpc) is 2.76. The minimum atomic E-state index is -0.172. The van der Waals surface area contributed by atoms with Crippen molar-refractivity contribution in [3.05, 3.63) is 94.8 Å². The molecular weight excluding hydrogens is 396 g/mol. The van der Waals surface area contributed by atoms with Crippen LogP contribution in [0.4, 0.5) is 11.5 Å². The van der Waals surface area contributed by atoms with E-state index in [9.17, 15) is 4.79 Å². The summed E-state index contributed by atoms with van der Waals surface area (Å²) >= 11 is 6.06. The molecule has 0 saturated heterocycles. The molecule has 3 aromatic carbocycles. The molecule has 1 atom stereocenters. The van der Waals surface area contributed by atoms with Crippen LogP contribution in [0.25, 0.3) is 10.9 Å². The molecule has 0 unspecified atom stereocenters. The molecule has 0 aliphatic heterocycles. The average molecular weight is 417 g/mol. The van der Waals surface area contributed by atoms with Crippen molar-refractivity contribution in [1.29, 1.82) is 0 Å². The van der Waals surface area contributed by atoms with Gasteiger partial charge in [0.25, 0.3) is 5.91 Å². The first kappa shape index (κ1) is 19.9. The number of hydrogen-bond donors (Lipinski definition) is 2. The summed E-state index contributed by atoms with van der Waals surface area (Å²) in [5, 5.41) is 8.02. The molecule has 0 saturated carbocycles. The van der Waals surface area contributed by atoms with Crippen molar-refractivity contribution in [2.45, 2.75) is 19.9 Å². The first-order chi connectivity index (χ1) is 14.5. The highest BCUT2D eigenvalue weighted by molar-refractivity contribution is 6.31. The van der Waals surface area contributed by atoms with E-state index in [0.29, 0.717) is 10.6 Å². The molecule has 30 heavy (non-hydrogen) atoms. The molecule has 1 aromatic heterocycles. The second-order valence-corrected chi connectivity index (χ2v) is 7.56. The SMILES string of the molecule is Cc1cc(C(=O)Nc2cccc([C@@H](C)Nc3ncnc4ccccc34)c2)ccc1Cl. The van der Waals surface area contributed by atoms with Gasteiger partial charge in [-0.05, 0) is 67.4 Å². The number of nitrogens with one attached hydrogen (secondary N) is 2. The zero-order valence-corrected chi connectivity index (χ0v) is 17.4. The van der Waals surface area contributed by atoms with Gasteiger partial charge in [-0.2, -0.15) is 0 Å². The monoisotopic (exact) mass is 416 g/mol. The second kappa shape index (κ2) is 8.51. The summed E-state index contributed by atoms with van der Waals surface area (Å²) in [6, 6.07) is 20.9. The Balaban J connectivity index is 1.52. The van der Waals surface area contributed by atoms with Gasteiger partial charge in [-0.3, -0.25) is 4.79 Å². The van der Waals surface area contributed by atoms with Crippen LogP contribution in [0.1, 0.15) is 34.5 Å². The van der Waals surface area contributed by atoms with Gasteiger partial charge >= 0.3 is 0 Å². The zero-order chi connectivity index (χ0) is 21.1. The Morgan fingerprint density at radius 3 is 2.67 bits per heavy atom. The second-order valence-electron chi connectivity index (χ2n) is 7.15. The number of anilines is 2. The molecule has 1 amide bonds. The lowest BCUT2D eigenvalue weighted by Crippen LogP contribution is -2.13. The summed E-state index contributed by atoms with van der Waals surface area (Å²) in [5.41, 5.74) is 4.09. The van der Waals surface area contributed by atoms with Crippen LogP contribution in [-0.4, -0.2) is 15.9 Å². The fraction of sp³-hybridized carbons (Fsp3) is 0.125. The molecule has 0 spiro atoms. The molecule has 4 aromatic rings. The van der Waals surface area contributed by atoms with Gasteiger partial charge in [0.15, 0.2) is 0 Å². The maximum Gasteiger partial charge on any atom is 0.255 e. The van der Waals surface area contributed by atoms with E-state index in [1.165, 1.54) is 0 Å². The quantitative estimate of drug-likeness (QED) is 0.417. The number of aryl methyl sites for hydroxylation is 1. The van der Waals surface area contributed by atoms with Gasteiger partial charge in [-0.25, -0.2) is 9.97 Å². The Morgan fingerprint density at radius 2 is 1.83 bits per heavy atom. The van der Waals surface area contributed by atoms with Crippen molar-refractivity contribution in [3.8, 4) is 0 Å². The minimum Gasteiger partial charge on any atom is -0.363 e. The molecule has 150 valence electrons. The number of halogens is 1. The third-order valence-electron chi connectivity index (χ3n) is 4.96. The fourth-order valence-corrected chi connectivity index (χ4v) is 3.40. The summed E-state index contributed by atoms with van der Waals surface area (Å²) in [7, 11) is 0. The highest BCUT2D eigenvalue weighted by atomic mass is 35.5. The molecule has 0 fully saturated rings. The van der Waals surface area contributed by atoms with Gasteiger partial charge in [-0.1, -0.05) is 35.9 Å². The molecule has 6 heteroatoms.